The predicted octanol–water partition coefficient (Wildman–Crippen LogP) is 6.73. The summed E-state index contributed by atoms with van der Waals surface area (Å²) in [6.07, 6.45) is 8.21. The highest BCUT2D eigenvalue weighted by molar-refractivity contribution is 6.08. The number of hydrogen-bond donors (Lipinski definition) is 0. The molecule has 0 aliphatic heterocycles. The molecule has 1 heterocycles. The molecule has 0 radical (unpaired) electrons. The van der Waals surface area contributed by atoms with Crippen molar-refractivity contribution < 1.29 is 9.15 Å². The number of aryl methyl sites for hydroxylation is 1. The molecule has 0 bridgehead atoms. The number of ether oxygens (including phenoxy) is 1. The molecule has 5 rings (SSSR count). The summed E-state index contributed by atoms with van der Waals surface area (Å²) < 4.78 is 9.89. The monoisotopic (exact) mass is 358 g/mol. The zero-order chi connectivity index (χ0) is 18.5. The number of hydrogen-bond acceptors (Lipinski definition) is 2. The van der Waals surface area contributed by atoms with E-state index in [1.807, 2.05) is 12.1 Å². The van der Waals surface area contributed by atoms with Crippen LogP contribution < -0.4 is 0 Å². The van der Waals surface area contributed by atoms with E-state index < -0.39 is 0 Å². The lowest BCUT2D eigenvalue weighted by Crippen LogP contribution is -2.12. The largest absolute Gasteiger partial charge is 0.473 e. The first-order valence-corrected chi connectivity index (χ1v) is 9.78. The van der Waals surface area contributed by atoms with Crippen LogP contribution in [-0.4, -0.2) is 13.7 Å². The van der Waals surface area contributed by atoms with Crippen LogP contribution in [0.1, 0.15) is 36.3 Å². The Bertz CT molecular complexity index is 984. The first-order valence-electron chi connectivity index (χ1n) is 9.78. The Morgan fingerprint density at radius 2 is 1.70 bits per heavy atom. The Morgan fingerprint density at radius 3 is 2.48 bits per heavy atom. The van der Waals surface area contributed by atoms with Crippen LogP contribution in [0.15, 0.2) is 77.6 Å². The van der Waals surface area contributed by atoms with Gasteiger partial charge in [-0.05, 0) is 76.4 Å². The first kappa shape index (κ1) is 17.8. The molecule has 1 unspecified atom stereocenters. The summed E-state index contributed by atoms with van der Waals surface area (Å²) in [5.41, 5.74) is 3.14. The number of fused-ring (bicyclic) bond motifs is 5. The third-order valence-electron chi connectivity index (χ3n) is 5.59. The molecule has 27 heavy (non-hydrogen) atoms. The van der Waals surface area contributed by atoms with E-state index in [1.54, 1.807) is 30.8 Å². The maximum Gasteiger partial charge on any atom is 0.0902 e. The molecule has 0 amide bonds. The molecule has 4 aromatic rings. The molecular weight excluding hydrogens is 332 g/mol. The molecule has 3 aromatic carbocycles. The van der Waals surface area contributed by atoms with Gasteiger partial charge in [-0.25, -0.2) is 0 Å². The van der Waals surface area contributed by atoms with Crippen LogP contribution in [0, 0.1) is 0 Å². The number of benzene rings is 3. The SMILES string of the molecule is COCCC1CCCc2c1ccc1c2ccc2ccccc21.c1ccoc1. The molecule has 2 heteroatoms. The van der Waals surface area contributed by atoms with Crippen molar-refractivity contribution in [1.82, 2.24) is 0 Å². The van der Waals surface area contributed by atoms with Gasteiger partial charge < -0.3 is 9.15 Å². The molecular formula is C25H26O2. The van der Waals surface area contributed by atoms with Gasteiger partial charge in [0.15, 0.2) is 0 Å². The standard InChI is InChI=1S/C21H22O.C4H4O/c1-22-14-13-16-6-4-8-19-18(16)11-12-20-17-7-3-2-5-15(17)9-10-21(19)20;1-2-4-5-3-1/h2-3,5,7,9-12,16H,4,6,8,13-14H2,1H3;1-4H. The normalized spacial score (nSPS) is 16.0. The molecule has 0 N–H and O–H groups in total. The fraction of sp³-hybridized carbons (Fsp3) is 0.280. The Hall–Kier alpha value is -2.58. The van der Waals surface area contributed by atoms with Crippen LogP contribution >= 0.6 is 0 Å². The van der Waals surface area contributed by atoms with Gasteiger partial charge in [-0.15, -0.1) is 0 Å². The quantitative estimate of drug-likeness (QED) is 0.379. The Labute approximate surface area is 160 Å². The maximum atomic E-state index is 5.30. The number of furan rings is 1. The van der Waals surface area contributed by atoms with E-state index in [0.717, 1.165) is 13.0 Å². The van der Waals surface area contributed by atoms with Gasteiger partial charge in [-0.2, -0.15) is 0 Å². The van der Waals surface area contributed by atoms with Crippen molar-refractivity contribution in [3.8, 4) is 0 Å². The van der Waals surface area contributed by atoms with Gasteiger partial charge in [-0.3, -0.25) is 0 Å². The molecule has 0 saturated carbocycles. The summed E-state index contributed by atoms with van der Waals surface area (Å²) in [4.78, 5) is 0. The summed E-state index contributed by atoms with van der Waals surface area (Å²) in [7, 11) is 1.80. The highest BCUT2D eigenvalue weighted by Crippen LogP contribution is 2.39. The van der Waals surface area contributed by atoms with Gasteiger partial charge in [0.1, 0.15) is 0 Å². The second-order valence-corrected chi connectivity index (χ2v) is 7.18. The van der Waals surface area contributed by atoms with Gasteiger partial charge in [0.25, 0.3) is 0 Å². The molecule has 0 fully saturated rings. The minimum atomic E-state index is 0.666. The van der Waals surface area contributed by atoms with Gasteiger partial charge in [0.05, 0.1) is 12.5 Å². The fourth-order valence-corrected chi connectivity index (χ4v) is 4.30. The lowest BCUT2D eigenvalue weighted by molar-refractivity contribution is 0.185. The summed E-state index contributed by atoms with van der Waals surface area (Å²) >= 11 is 0. The van der Waals surface area contributed by atoms with Crippen molar-refractivity contribution in [2.24, 2.45) is 0 Å². The smallest absolute Gasteiger partial charge is 0.0902 e. The summed E-state index contributed by atoms with van der Waals surface area (Å²) in [5, 5.41) is 5.58. The van der Waals surface area contributed by atoms with E-state index in [-0.39, 0.29) is 0 Å². The molecule has 138 valence electrons. The van der Waals surface area contributed by atoms with Crippen molar-refractivity contribution >= 4 is 21.5 Å². The molecule has 1 aliphatic rings. The maximum absolute atomic E-state index is 5.30. The molecule has 1 atom stereocenters. The van der Waals surface area contributed by atoms with Crippen LogP contribution in [-0.2, 0) is 11.2 Å². The fourth-order valence-electron chi connectivity index (χ4n) is 4.30. The molecule has 0 saturated heterocycles. The Morgan fingerprint density at radius 1 is 0.889 bits per heavy atom. The highest BCUT2D eigenvalue weighted by Gasteiger charge is 2.21. The highest BCUT2D eigenvalue weighted by atomic mass is 16.5. The van der Waals surface area contributed by atoms with Gasteiger partial charge in [0.2, 0.25) is 0 Å². The Kier molecular flexibility index (Phi) is 5.55. The second kappa shape index (κ2) is 8.41. The van der Waals surface area contributed by atoms with E-state index in [4.69, 9.17) is 4.74 Å². The second-order valence-electron chi connectivity index (χ2n) is 7.18. The average molecular weight is 358 g/mol. The summed E-state index contributed by atoms with van der Waals surface area (Å²) in [6, 6.07) is 21.7. The molecule has 1 aliphatic carbocycles. The lowest BCUT2D eigenvalue weighted by Gasteiger charge is -2.27. The minimum Gasteiger partial charge on any atom is -0.473 e. The van der Waals surface area contributed by atoms with Gasteiger partial charge >= 0.3 is 0 Å². The first-order chi connectivity index (χ1) is 13.4. The van der Waals surface area contributed by atoms with E-state index in [9.17, 15) is 0 Å². The summed E-state index contributed by atoms with van der Waals surface area (Å²) in [6.45, 7) is 0.861. The number of rotatable bonds is 3. The average Bonchev–Trinajstić information content (AvgIpc) is 3.32. The topological polar surface area (TPSA) is 22.4 Å². The lowest BCUT2D eigenvalue weighted by atomic mass is 9.79. The van der Waals surface area contributed by atoms with Crippen molar-refractivity contribution in [3.63, 3.8) is 0 Å². The van der Waals surface area contributed by atoms with Crippen LogP contribution in [0.4, 0.5) is 0 Å². The van der Waals surface area contributed by atoms with Crippen molar-refractivity contribution in [2.75, 3.05) is 13.7 Å². The minimum absolute atomic E-state index is 0.666. The third kappa shape index (κ3) is 3.77. The van der Waals surface area contributed by atoms with Gasteiger partial charge in [0, 0.05) is 13.7 Å². The van der Waals surface area contributed by atoms with Crippen LogP contribution in [0.2, 0.25) is 0 Å². The van der Waals surface area contributed by atoms with Crippen molar-refractivity contribution in [2.45, 2.75) is 31.6 Å². The zero-order valence-corrected chi connectivity index (χ0v) is 15.9. The van der Waals surface area contributed by atoms with Crippen LogP contribution in [0.5, 0.6) is 0 Å². The van der Waals surface area contributed by atoms with Crippen LogP contribution in [0.3, 0.4) is 0 Å². The van der Waals surface area contributed by atoms with E-state index in [0.29, 0.717) is 5.92 Å². The van der Waals surface area contributed by atoms with E-state index >= 15 is 0 Å². The number of methoxy groups -OCH3 is 1. The van der Waals surface area contributed by atoms with Crippen molar-refractivity contribution in [1.29, 1.82) is 0 Å². The zero-order valence-electron chi connectivity index (χ0n) is 15.9. The summed E-state index contributed by atoms with van der Waals surface area (Å²) in [5.74, 6) is 0.666. The molecule has 2 nitrogen and oxygen atoms in total. The molecule has 0 spiro atoms. The Balaban J connectivity index is 0.000000314. The molecule has 1 aromatic heterocycles. The van der Waals surface area contributed by atoms with Crippen LogP contribution in [0.25, 0.3) is 21.5 Å². The van der Waals surface area contributed by atoms with Crippen molar-refractivity contribution in [3.05, 3.63) is 84.3 Å². The van der Waals surface area contributed by atoms with E-state index in [2.05, 4.69) is 52.9 Å². The van der Waals surface area contributed by atoms with Gasteiger partial charge in [-0.1, -0.05) is 48.5 Å². The predicted molar refractivity (Wildman–Crippen MR) is 112 cm³/mol. The third-order valence-corrected chi connectivity index (χ3v) is 5.59. The van der Waals surface area contributed by atoms with E-state index in [1.165, 1.54) is 40.8 Å².